The second kappa shape index (κ2) is 8.29. The van der Waals surface area contributed by atoms with Crippen molar-refractivity contribution in [2.45, 2.75) is 26.4 Å². The summed E-state index contributed by atoms with van der Waals surface area (Å²) in [6.45, 7) is 3.98. The van der Waals surface area contributed by atoms with Gasteiger partial charge >= 0.3 is 6.01 Å². The zero-order valence-electron chi connectivity index (χ0n) is 14.4. The predicted molar refractivity (Wildman–Crippen MR) is 89.4 cm³/mol. The average molecular weight is 330 g/mol. The Kier molecular flexibility index (Phi) is 6.12. The molecule has 0 aliphatic heterocycles. The van der Waals surface area contributed by atoms with Crippen molar-refractivity contribution in [1.82, 2.24) is 9.97 Å². The highest BCUT2D eigenvalue weighted by Crippen LogP contribution is 2.26. The molecule has 2 aromatic rings. The van der Waals surface area contributed by atoms with Crippen LogP contribution in [0.4, 0.5) is 0 Å². The fourth-order valence-corrected chi connectivity index (χ4v) is 2.21. The molecule has 0 amide bonds. The number of carbonyl (C=O) groups excluding carboxylic acids is 1. The topological polar surface area (TPSA) is 70.5 Å². The van der Waals surface area contributed by atoms with Crippen LogP contribution in [-0.2, 0) is 4.79 Å². The minimum absolute atomic E-state index is 0.0263. The number of hydrogen-bond acceptors (Lipinski definition) is 6. The van der Waals surface area contributed by atoms with E-state index in [0.717, 1.165) is 5.56 Å². The normalized spacial score (nSPS) is 11.9. The van der Waals surface area contributed by atoms with Crippen LogP contribution in [0.5, 0.6) is 17.8 Å². The van der Waals surface area contributed by atoms with E-state index in [1.807, 2.05) is 44.2 Å². The number of carbonyl (C=O) groups is 1. The number of rotatable bonds is 8. The molecule has 1 unspecified atom stereocenters. The summed E-state index contributed by atoms with van der Waals surface area (Å²) in [5.74, 6) is 0.814. The second-order valence-electron chi connectivity index (χ2n) is 5.71. The molecular weight excluding hydrogens is 308 g/mol. The van der Waals surface area contributed by atoms with E-state index in [4.69, 9.17) is 14.2 Å². The van der Waals surface area contributed by atoms with E-state index in [1.165, 1.54) is 14.2 Å². The Bertz CT molecular complexity index is 652. The van der Waals surface area contributed by atoms with E-state index in [0.29, 0.717) is 18.2 Å². The maximum Gasteiger partial charge on any atom is 0.324 e. The van der Waals surface area contributed by atoms with Crippen LogP contribution < -0.4 is 14.2 Å². The van der Waals surface area contributed by atoms with E-state index in [-0.39, 0.29) is 17.7 Å². The zero-order chi connectivity index (χ0) is 17.5. The summed E-state index contributed by atoms with van der Waals surface area (Å²) in [7, 11) is 2.98. The smallest absolute Gasteiger partial charge is 0.324 e. The van der Waals surface area contributed by atoms with Gasteiger partial charge in [-0.2, -0.15) is 9.97 Å². The molecular formula is C18H22N2O4. The van der Waals surface area contributed by atoms with Crippen molar-refractivity contribution in [2.24, 2.45) is 5.92 Å². The lowest BCUT2D eigenvalue weighted by molar-refractivity contribution is -0.127. The van der Waals surface area contributed by atoms with Crippen LogP contribution in [0.25, 0.3) is 0 Å². The molecule has 2 rings (SSSR count). The highest BCUT2D eigenvalue weighted by molar-refractivity contribution is 5.84. The van der Waals surface area contributed by atoms with Gasteiger partial charge in [-0.15, -0.1) is 0 Å². The van der Waals surface area contributed by atoms with Crippen molar-refractivity contribution in [1.29, 1.82) is 0 Å². The van der Waals surface area contributed by atoms with E-state index >= 15 is 0 Å². The molecule has 0 spiro atoms. The molecule has 1 aromatic carbocycles. The van der Waals surface area contributed by atoms with Crippen molar-refractivity contribution in [3.8, 4) is 17.8 Å². The van der Waals surface area contributed by atoms with Crippen LogP contribution in [0.15, 0.2) is 36.4 Å². The minimum Gasteiger partial charge on any atom is -0.481 e. The van der Waals surface area contributed by atoms with Crippen LogP contribution >= 0.6 is 0 Å². The van der Waals surface area contributed by atoms with Gasteiger partial charge in [-0.05, 0) is 11.5 Å². The Hall–Kier alpha value is -2.63. The van der Waals surface area contributed by atoms with Crippen molar-refractivity contribution in [3.05, 3.63) is 42.0 Å². The predicted octanol–water partition coefficient (Wildman–Crippen LogP) is 3.23. The van der Waals surface area contributed by atoms with Crippen LogP contribution in [0.3, 0.4) is 0 Å². The number of hydrogen-bond donors (Lipinski definition) is 0. The molecule has 1 heterocycles. The number of aromatic nitrogens is 2. The zero-order valence-corrected chi connectivity index (χ0v) is 14.4. The van der Waals surface area contributed by atoms with Gasteiger partial charge in [-0.3, -0.25) is 4.79 Å². The van der Waals surface area contributed by atoms with Gasteiger partial charge < -0.3 is 14.2 Å². The van der Waals surface area contributed by atoms with E-state index in [2.05, 4.69) is 9.97 Å². The third kappa shape index (κ3) is 4.68. The molecule has 0 saturated carbocycles. The summed E-state index contributed by atoms with van der Waals surface area (Å²) in [5, 5.41) is 0. The molecule has 6 nitrogen and oxygen atoms in total. The number of ketones is 1. The van der Waals surface area contributed by atoms with E-state index < -0.39 is 6.10 Å². The molecule has 0 aliphatic carbocycles. The third-order valence-corrected chi connectivity index (χ3v) is 3.30. The molecule has 0 fully saturated rings. The summed E-state index contributed by atoms with van der Waals surface area (Å²) < 4.78 is 16.0. The lowest BCUT2D eigenvalue weighted by Crippen LogP contribution is -2.21. The first-order valence-corrected chi connectivity index (χ1v) is 7.75. The van der Waals surface area contributed by atoms with E-state index in [9.17, 15) is 4.79 Å². The fraction of sp³-hybridized carbons (Fsp3) is 0.389. The summed E-state index contributed by atoms with van der Waals surface area (Å²) in [4.78, 5) is 20.9. The lowest BCUT2D eigenvalue weighted by Gasteiger charge is -2.18. The molecule has 128 valence electrons. The van der Waals surface area contributed by atoms with Crippen LogP contribution in [0, 0.1) is 5.92 Å². The van der Waals surface area contributed by atoms with E-state index in [1.54, 1.807) is 6.07 Å². The van der Waals surface area contributed by atoms with Gasteiger partial charge in [0.2, 0.25) is 11.8 Å². The van der Waals surface area contributed by atoms with Crippen molar-refractivity contribution < 1.29 is 19.0 Å². The van der Waals surface area contributed by atoms with Gasteiger partial charge in [0.05, 0.1) is 20.3 Å². The maximum absolute atomic E-state index is 12.6. The highest BCUT2D eigenvalue weighted by Gasteiger charge is 2.24. The van der Waals surface area contributed by atoms with Gasteiger partial charge in [0.15, 0.2) is 11.9 Å². The monoisotopic (exact) mass is 330 g/mol. The Labute approximate surface area is 141 Å². The number of benzene rings is 1. The first kappa shape index (κ1) is 17.7. The summed E-state index contributed by atoms with van der Waals surface area (Å²) >= 11 is 0. The number of ether oxygens (including phenoxy) is 3. The fourth-order valence-electron chi connectivity index (χ4n) is 2.21. The largest absolute Gasteiger partial charge is 0.481 e. The Morgan fingerprint density at radius 1 is 1.04 bits per heavy atom. The number of nitrogens with zero attached hydrogens (tertiary/aromatic N) is 2. The molecule has 0 radical (unpaired) electrons. The van der Waals surface area contributed by atoms with Gasteiger partial charge in [-0.25, -0.2) is 0 Å². The molecule has 0 aliphatic rings. The van der Waals surface area contributed by atoms with Crippen LogP contribution in [-0.4, -0.2) is 30.0 Å². The lowest BCUT2D eigenvalue weighted by atomic mass is 9.98. The molecule has 1 aromatic heterocycles. The van der Waals surface area contributed by atoms with Gasteiger partial charge in [-0.1, -0.05) is 44.2 Å². The molecule has 24 heavy (non-hydrogen) atoms. The first-order valence-electron chi connectivity index (χ1n) is 7.75. The molecule has 0 N–H and O–H groups in total. The quantitative estimate of drug-likeness (QED) is 0.740. The highest BCUT2D eigenvalue weighted by atomic mass is 16.5. The Morgan fingerprint density at radius 3 is 2.12 bits per heavy atom. The van der Waals surface area contributed by atoms with Crippen LogP contribution in [0.2, 0.25) is 0 Å². The second-order valence-corrected chi connectivity index (χ2v) is 5.71. The van der Waals surface area contributed by atoms with Gasteiger partial charge in [0, 0.05) is 6.42 Å². The third-order valence-electron chi connectivity index (χ3n) is 3.30. The summed E-state index contributed by atoms with van der Waals surface area (Å²) in [6.07, 6.45) is -0.369. The Balaban J connectivity index is 2.33. The summed E-state index contributed by atoms with van der Waals surface area (Å²) in [6, 6.07) is 10.9. The Morgan fingerprint density at radius 2 is 1.62 bits per heavy atom. The van der Waals surface area contributed by atoms with Gasteiger partial charge in [0.1, 0.15) is 0 Å². The molecule has 0 saturated heterocycles. The standard InChI is InChI=1S/C18H22N2O4/c1-12(2)10-14(21)17(13-8-6-5-7-9-13)24-18-19-15(22-3)11-16(20-18)23-4/h5-9,11-12,17H,10H2,1-4H3. The molecule has 0 bridgehead atoms. The average Bonchev–Trinajstić information content (AvgIpc) is 2.59. The van der Waals surface area contributed by atoms with Gasteiger partial charge in [0.25, 0.3) is 0 Å². The van der Waals surface area contributed by atoms with Crippen LogP contribution in [0.1, 0.15) is 31.9 Å². The molecule has 6 heteroatoms. The van der Waals surface area contributed by atoms with Crippen molar-refractivity contribution in [3.63, 3.8) is 0 Å². The minimum atomic E-state index is -0.773. The number of methoxy groups -OCH3 is 2. The summed E-state index contributed by atoms with van der Waals surface area (Å²) in [5.41, 5.74) is 0.758. The molecule has 1 atom stereocenters. The number of Topliss-reactive ketones (excluding diaryl/α,β-unsaturated/α-hetero) is 1. The SMILES string of the molecule is COc1cc(OC)nc(OC(C(=O)CC(C)C)c2ccccc2)n1. The first-order chi connectivity index (χ1) is 11.5. The van der Waals surface area contributed by atoms with Crippen molar-refractivity contribution in [2.75, 3.05) is 14.2 Å². The maximum atomic E-state index is 12.6. The van der Waals surface area contributed by atoms with Crippen molar-refractivity contribution >= 4 is 5.78 Å².